The van der Waals surface area contributed by atoms with Crippen molar-refractivity contribution in [3.05, 3.63) is 168 Å². The van der Waals surface area contributed by atoms with Gasteiger partial charge in [-0.3, -0.25) is 9.55 Å². The SMILES string of the molecule is [2H]c1nc(-c2[c-]c(-c3cccc4c3nc(-c3ccccc3O)n4-c3ccc(C(C)(C)C)cc3-c3ccc(C(C)(C)C)cc3)cc(C(C)(C)C)c2)c([2H])c(-c2c([2H])c([2H])c(C(C([2H])([2H])[2H])(C([2H])([2H])[2H])C([2H])([2H])[2H])c([2H])c2[2H])c1[2H].[Pt]. The number of fused-ring (bicyclic) bond motifs is 1. The number of aromatic hydroxyl groups is 1. The molecule has 2 aromatic heterocycles. The van der Waals surface area contributed by atoms with Crippen molar-refractivity contribution in [3.63, 3.8) is 0 Å². The Morgan fingerprint density at radius 3 is 1.86 bits per heavy atom. The molecule has 5 heteroatoms. The van der Waals surface area contributed by atoms with E-state index in [4.69, 9.17) is 25.5 Å². The van der Waals surface area contributed by atoms with Gasteiger partial charge in [0, 0.05) is 50.8 Å². The topological polar surface area (TPSA) is 50.9 Å². The van der Waals surface area contributed by atoms with Crippen molar-refractivity contribution in [2.24, 2.45) is 0 Å². The first-order chi connectivity index (χ1) is 35.8. The third-order valence-electron chi connectivity index (χ3n) is 11.1. The molecule has 0 aliphatic heterocycles. The van der Waals surface area contributed by atoms with Crippen molar-refractivity contribution in [1.29, 1.82) is 0 Å². The van der Waals surface area contributed by atoms with Crippen LogP contribution in [-0.4, -0.2) is 19.6 Å². The smallest absolute Gasteiger partial charge is 0.148 e. The maximum absolute atomic E-state index is 11.5. The Morgan fingerprint density at radius 2 is 1.21 bits per heavy atom. The van der Waals surface area contributed by atoms with Gasteiger partial charge in [0.15, 0.2) is 0 Å². The summed E-state index contributed by atoms with van der Waals surface area (Å²) in [5.41, 5.74) is 0.599. The second kappa shape index (κ2) is 16.9. The van der Waals surface area contributed by atoms with Crippen LogP contribution in [0.3, 0.4) is 0 Å². The van der Waals surface area contributed by atoms with Crippen molar-refractivity contribution in [3.8, 4) is 67.5 Å². The number of phenolic OH excluding ortho intramolecular Hbond substituents is 1. The van der Waals surface area contributed by atoms with Gasteiger partial charge in [-0.1, -0.05) is 179 Å². The molecule has 6 aromatic carbocycles. The molecule has 0 fully saturated rings. The normalized spacial score (nSPS) is 16.7. The zero-order valence-corrected chi connectivity index (χ0v) is 39.1. The summed E-state index contributed by atoms with van der Waals surface area (Å²) in [7, 11) is 0. The summed E-state index contributed by atoms with van der Waals surface area (Å²) in [6, 6.07) is 28.2. The van der Waals surface area contributed by atoms with E-state index in [1.165, 1.54) is 5.56 Å². The molecule has 8 aromatic rings. The minimum absolute atomic E-state index is 0. The van der Waals surface area contributed by atoms with Crippen LogP contribution < -0.4 is 0 Å². The van der Waals surface area contributed by atoms with E-state index in [1.807, 2.05) is 55.7 Å². The van der Waals surface area contributed by atoms with Gasteiger partial charge in [-0.05, 0) is 91.4 Å². The zero-order valence-electron chi connectivity index (χ0n) is 52.8. The third-order valence-corrected chi connectivity index (χ3v) is 11.1. The van der Waals surface area contributed by atoms with Crippen molar-refractivity contribution in [2.75, 3.05) is 0 Å². The van der Waals surface area contributed by atoms with E-state index in [-0.39, 0.29) is 48.9 Å². The van der Waals surface area contributed by atoms with Gasteiger partial charge in [-0.25, -0.2) is 4.98 Å². The fourth-order valence-electron chi connectivity index (χ4n) is 7.45. The number of imidazole rings is 1. The van der Waals surface area contributed by atoms with Crippen LogP contribution >= 0.6 is 0 Å². The summed E-state index contributed by atoms with van der Waals surface area (Å²) >= 11 is 0. The number of benzene rings is 6. The summed E-state index contributed by atoms with van der Waals surface area (Å²) in [6.45, 7) is 7.08. The Morgan fingerprint density at radius 1 is 0.571 bits per heavy atom. The molecule has 8 rings (SSSR count). The van der Waals surface area contributed by atoms with Crippen molar-refractivity contribution in [2.45, 2.75) is 105 Å². The predicted molar refractivity (Wildman–Crippen MR) is 261 cm³/mol. The number of para-hydroxylation sites is 2. The van der Waals surface area contributed by atoms with Gasteiger partial charge in [0.2, 0.25) is 0 Å². The first-order valence-electron chi connectivity index (χ1n) is 28.6. The maximum Gasteiger partial charge on any atom is 0.148 e. The van der Waals surface area contributed by atoms with Gasteiger partial charge in [0.05, 0.1) is 31.9 Å². The van der Waals surface area contributed by atoms with Crippen molar-refractivity contribution >= 4 is 11.0 Å². The van der Waals surface area contributed by atoms with E-state index in [9.17, 15) is 6.48 Å². The Bertz CT molecular complexity index is 3620. The molecule has 2 heterocycles. The Hall–Kier alpha value is -5.57. The summed E-state index contributed by atoms with van der Waals surface area (Å²) in [4.78, 5) is 9.71. The van der Waals surface area contributed by atoms with Gasteiger partial charge in [0.25, 0.3) is 0 Å². The molecule has 0 radical (unpaired) electrons. The van der Waals surface area contributed by atoms with E-state index in [2.05, 4.69) is 95.1 Å². The number of rotatable bonds is 6. The molecule has 0 saturated carbocycles. The molecular weight excluding hydrogens is 950 g/mol. The molecule has 0 saturated heterocycles. The number of nitrogens with zero attached hydrogens (tertiary/aromatic N) is 3. The molecule has 0 amide bonds. The van der Waals surface area contributed by atoms with E-state index >= 15 is 0 Å². The molecule has 0 aliphatic carbocycles. The zero-order chi connectivity index (χ0) is 57.9. The average Bonchev–Trinajstić information content (AvgIpc) is 3.86. The molecule has 0 atom stereocenters. The van der Waals surface area contributed by atoms with Gasteiger partial charge in [-0.2, -0.15) is 0 Å². The van der Waals surface area contributed by atoms with E-state index in [1.54, 1.807) is 24.3 Å². The molecule has 0 aliphatic rings. The van der Waals surface area contributed by atoms with Crippen LogP contribution in [-0.2, 0) is 42.7 Å². The number of hydrogen-bond acceptors (Lipinski definition) is 3. The van der Waals surface area contributed by atoms with Crippen molar-refractivity contribution < 1.29 is 48.1 Å². The first-order valence-corrected chi connectivity index (χ1v) is 20.6. The number of pyridine rings is 1. The fourth-order valence-corrected chi connectivity index (χ4v) is 7.45. The van der Waals surface area contributed by atoms with Crippen LogP contribution in [0.1, 0.15) is 127 Å². The van der Waals surface area contributed by atoms with Crippen LogP contribution in [0.5, 0.6) is 5.75 Å². The van der Waals surface area contributed by atoms with Crippen molar-refractivity contribution in [1.82, 2.24) is 14.5 Å². The van der Waals surface area contributed by atoms with Gasteiger partial charge in [0.1, 0.15) is 11.6 Å². The monoisotopic (exact) mass is 1030 g/mol. The van der Waals surface area contributed by atoms with Crippen LogP contribution in [0.25, 0.3) is 72.7 Å². The van der Waals surface area contributed by atoms with E-state index in [0.29, 0.717) is 39.1 Å². The Balaban J connectivity index is 0.00000903. The molecular formula is C58H60N3OPt-. The van der Waals surface area contributed by atoms with Crippen LogP contribution in [0.4, 0.5) is 0 Å². The molecule has 63 heavy (non-hydrogen) atoms. The van der Waals surface area contributed by atoms with E-state index < -0.39 is 90.5 Å². The fraction of sp³-hybridized carbons (Fsp3) is 0.276. The van der Waals surface area contributed by atoms with Crippen LogP contribution in [0.15, 0.2) is 139 Å². The van der Waals surface area contributed by atoms with Gasteiger partial charge >= 0.3 is 0 Å². The number of phenols is 1. The summed E-state index contributed by atoms with van der Waals surface area (Å²) in [6.07, 6.45) is -0.746. The maximum atomic E-state index is 11.5. The molecule has 324 valence electrons. The standard InChI is InChI=1S/C58H60N3O.Pt/c1-55(2,3)42-24-20-37(21-25-42)39-30-31-59-49(35-39)41-32-40(33-45(34-41)58(10,11)12)46-17-15-18-51-53(46)60-54(47-16-13-14-19-52(47)62)61(51)50-29-28-44(57(7,8)9)36-48(50)38-22-26-43(27-23-38)56(4,5)6;/h13-31,33-36,62H,1-12H3;/q-1;/i1D3,2D3,3D3,20D,21D,24D,25D,30D,31D,35D;. The first kappa shape index (κ1) is 29.0. The molecule has 1 N–H and O–H groups in total. The Kier molecular flexibility index (Phi) is 7.75. The van der Waals surface area contributed by atoms with Crippen LogP contribution in [0, 0.1) is 6.07 Å². The second-order valence-corrected chi connectivity index (χ2v) is 18.9. The third kappa shape index (κ3) is 9.25. The average molecular weight is 1030 g/mol. The quantitative estimate of drug-likeness (QED) is 0.169. The molecule has 0 bridgehead atoms. The summed E-state index contributed by atoms with van der Waals surface area (Å²) in [5.74, 6) is 0.432. The van der Waals surface area contributed by atoms with Gasteiger partial charge < -0.3 is 5.11 Å². The summed E-state index contributed by atoms with van der Waals surface area (Å²) in [5, 5.41) is 11.5. The molecule has 0 spiro atoms. The number of aromatic nitrogens is 3. The Labute approximate surface area is 412 Å². The number of hydrogen-bond donors (Lipinski definition) is 1. The minimum atomic E-state index is -3.92. The molecule has 0 unspecified atom stereocenters. The predicted octanol–water partition coefficient (Wildman–Crippen LogP) is 15.4. The minimum Gasteiger partial charge on any atom is -0.507 e. The van der Waals surface area contributed by atoms with Gasteiger partial charge in [-0.15, -0.1) is 29.3 Å². The summed E-state index contributed by atoms with van der Waals surface area (Å²) < 4.78 is 140. The van der Waals surface area contributed by atoms with Crippen LogP contribution in [0.2, 0.25) is 0 Å². The largest absolute Gasteiger partial charge is 0.507 e. The molecule has 4 nitrogen and oxygen atoms in total. The second-order valence-electron chi connectivity index (χ2n) is 18.9. The van der Waals surface area contributed by atoms with E-state index in [0.717, 1.165) is 22.4 Å².